The zero-order chi connectivity index (χ0) is 12.9. The van der Waals surface area contributed by atoms with Crippen molar-refractivity contribution in [3.8, 4) is 0 Å². The van der Waals surface area contributed by atoms with Gasteiger partial charge in [-0.25, -0.2) is 0 Å². The normalized spacial score (nSPS) is 19.7. The maximum Gasteiger partial charge on any atom is 0.0678 e. The van der Waals surface area contributed by atoms with Gasteiger partial charge in [0.05, 0.1) is 12.7 Å². The molecule has 1 atom stereocenters. The van der Waals surface area contributed by atoms with Gasteiger partial charge >= 0.3 is 0 Å². The second-order valence-electron chi connectivity index (χ2n) is 4.27. The first-order chi connectivity index (χ1) is 8.33. The first kappa shape index (κ1) is 21.3. The number of nitrogens with zero attached hydrogens (tertiary/aromatic N) is 1. The average molecular weight is 332 g/mol. The fourth-order valence-electron chi connectivity index (χ4n) is 1.93. The summed E-state index contributed by atoms with van der Waals surface area (Å²) in [7, 11) is 3.96. The van der Waals surface area contributed by atoms with Gasteiger partial charge in [-0.15, -0.1) is 0 Å². The van der Waals surface area contributed by atoms with Gasteiger partial charge in [0.2, 0.25) is 0 Å². The number of morpholine rings is 1. The minimum absolute atomic E-state index is 0. The van der Waals surface area contributed by atoms with Gasteiger partial charge in [-0.2, -0.15) is 0 Å². The van der Waals surface area contributed by atoms with Crippen LogP contribution >= 0.6 is 0 Å². The molecule has 1 rings (SSSR count). The van der Waals surface area contributed by atoms with Crippen LogP contribution in [0.3, 0.4) is 0 Å². The molecule has 0 spiro atoms. The molecule has 1 fully saturated rings. The van der Waals surface area contributed by atoms with E-state index in [0.717, 1.165) is 32.8 Å². The van der Waals surface area contributed by atoms with Crippen LogP contribution in [0.2, 0.25) is 0 Å². The Hall–Kier alpha value is 0.984. The predicted molar refractivity (Wildman–Crippen MR) is 75.0 cm³/mol. The molecular formula is C14H31N2OY-. The molecule has 0 aliphatic carbocycles. The molecule has 0 saturated carbocycles. The Morgan fingerprint density at radius 2 is 2.00 bits per heavy atom. The van der Waals surface area contributed by atoms with E-state index in [-0.39, 0.29) is 32.7 Å². The second kappa shape index (κ2) is 16.0. The molecule has 1 saturated heterocycles. The second-order valence-corrected chi connectivity index (χ2v) is 4.27. The number of hydrogen-bond acceptors (Lipinski definition) is 3. The van der Waals surface area contributed by atoms with E-state index in [1.807, 2.05) is 13.8 Å². The van der Waals surface area contributed by atoms with Gasteiger partial charge in [-0.05, 0) is 39.0 Å². The summed E-state index contributed by atoms with van der Waals surface area (Å²) >= 11 is 0. The molecule has 1 N–H and O–H groups in total. The minimum Gasteiger partial charge on any atom is -0.455 e. The van der Waals surface area contributed by atoms with Crippen LogP contribution < -0.4 is 5.32 Å². The van der Waals surface area contributed by atoms with Crippen LogP contribution in [0.1, 0.15) is 46.5 Å². The summed E-state index contributed by atoms with van der Waals surface area (Å²) in [5.41, 5.74) is 0. The number of ether oxygens (including phenoxy) is 1. The molecule has 1 aliphatic rings. The van der Waals surface area contributed by atoms with Gasteiger partial charge in [-0.1, -0.05) is 33.6 Å². The summed E-state index contributed by atoms with van der Waals surface area (Å²) in [5, 5.41) is 3.34. The van der Waals surface area contributed by atoms with Gasteiger partial charge in [-0.3, -0.25) is 7.05 Å². The van der Waals surface area contributed by atoms with E-state index in [9.17, 15) is 0 Å². The van der Waals surface area contributed by atoms with Crippen LogP contribution in [0.15, 0.2) is 0 Å². The summed E-state index contributed by atoms with van der Waals surface area (Å²) in [6.45, 7) is 11.2. The molecule has 0 aromatic rings. The fraction of sp³-hybridized carbons (Fsp3) is 0.929. The van der Waals surface area contributed by atoms with Crippen LogP contribution in [0, 0.1) is 7.05 Å². The van der Waals surface area contributed by atoms with Gasteiger partial charge < -0.3 is 15.0 Å². The smallest absolute Gasteiger partial charge is 0.0678 e. The van der Waals surface area contributed by atoms with Crippen LogP contribution in [0.5, 0.6) is 0 Å². The van der Waals surface area contributed by atoms with E-state index in [2.05, 4.69) is 24.2 Å². The van der Waals surface area contributed by atoms with Crippen molar-refractivity contribution >= 4 is 0 Å². The summed E-state index contributed by atoms with van der Waals surface area (Å²) in [6, 6.07) is 0. The Labute approximate surface area is 139 Å². The van der Waals surface area contributed by atoms with Crippen molar-refractivity contribution in [3.05, 3.63) is 7.05 Å². The van der Waals surface area contributed by atoms with Crippen molar-refractivity contribution in [1.82, 2.24) is 10.2 Å². The molecule has 0 bridgehead atoms. The molecule has 1 heterocycles. The van der Waals surface area contributed by atoms with Crippen LogP contribution in [0.4, 0.5) is 0 Å². The molecule has 0 aromatic carbocycles. The first-order valence-electron chi connectivity index (χ1n) is 7.20. The zero-order valence-corrected chi connectivity index (χ0v) is 15.4. The topological polar surface area (TPSA) is 24.5 Å². The molecule has 4 heteroatoms. The molecule has 0 amide bonds. The molecule has 18 heavy (non-hydrogen) atoms. The largest absolute Gasteiger partial charge is 0.455 e. The molecule has 107 valence electrons. The SMILES string of the molecule is CC.[CH2-]N1CCOC(CCCCCNCC)C1.[Y]. The maximum absolute atomic E-state index is 5.68. The van der Waals surface area contributed by atoms with Crippen molar-refractivity contribution in [2.75, 3.05) is 32.8 Å². The summed E-state index contributed by atoms with van der Waals surface area (Å²) in [4.78, 5) is 2.12. The standard InChI is InChI=1S/C12H25N2O.C2H6.Y/c1-3-13-8-6-4-5-7-12-11-14(2)9-10-15-12;1-2;/h12-13H,2-11H2,1H3;1-2H3;/q-1;;. The van der Waals surface area contributed by atoms with Gasteiger partial charge in [0.1, 0.15) is 0 Å². The van der Waals surface area contributed by atoms with Crippen molar-refractivity contribution in [1.29, 1.82) is 0 Å². The van der Waals surface area contributed by atoms with E-state index < -0.39 is 0 Å². The molecular weight excluding hydrogens is 301 g/mol. The van der Waals surface area contributed by atoms with Crippen molar-refractivity contribution in [2.24, 2.45) is 0 Å². The number of hydrogen-bond donors (Lipinski definition) is 1. The van der Waals surface area contributed by atoms with E-state index in [4.69, 9.17) is 4.74 Å². The fourth-order valence-corrected chi connectivity index (χ4v) is 1.93. The molecule has 1 radical (unpaired) electrons. The van der Waals surface area contributed by atoms with Crippen molar-refractivity contribution in [2.45, 2.75) is 52.6 Å². The van der Waals surface area contributed by atoms with Crippen molar-refractivity contribution in [3.63, 3.8) is 0 Å². The van der Waals surface area contributed by atoms with Gasteiger partial charge in [0.25, 0.3) is 0 Å². The monoisotopic (exact) mass is 332 g/mol. The van der Waals surface area contributed by atoms with Crippen LogP contribution in [0.25, 0.3) is 0 Å². The predicted octanol–water partition coefficient (Wildman–Crippen LogP) is 2.67. The Kier molecular flexibility index (Phi) is 19.0. The third-order valence-electron chi connectivity index (χ3n) is 2.85. The molecule has 1 aliphatic heterocycles. The van der Waals surface area contributed by atoms with Crippen LogP contribution in [-0.2, 0) is 37.4 Å². The van der Waals surface area contributed by atoms with Crippen molar-refractivity contribution < 1.29 is 37.4 Å². The quantitative estimate of drug-likeness (QED) is 0.573. The van der Waals surface area contributed by atoms with E-state index in [1.54, 1.807) is 0 Å². The van der Waals surface area contributed by atoms with E-state index >= 15 is 0 Å². The number of nitrogens with one attached hydrogen (secondary N) is 1. The first-order valence-corrected chi connectivity index (χ1v) is 7.20. The summed E-state index contributed by atoms with van der Waals surface area (Å²) < 4.78 is 5.68. The molecule has 0 aromatic heterocycles. The average Bonchev–Trinajstić information content (AvgIpc) is 2.36. The van der Waals surface area contributed by atoms with Gasteiger partial charge in [0, 0.05) is 32.7 Å². The third-order valence-corrected chi connectivity index (χ3v) is 2.85. The maximum atomic E-state index is 5.68. The Morgan fingerprint density at radius 1 is 1.28 bits per heavy atom. The Balaban J connectivity index is 0. The number of rotatable bonds is 7. The Bertz CT molecular complexity index is 159. The zero-order valence-electron chi connectivity index (χ0n) is 12.6. The number of unbranched alkanes of at least 4 members (excludes halogenated alkanes) is 2. The Morgan fingerprint density at radius 3 is 2.61 bits per heavy atom. The molecule has 1 unspecified atom stereocenters. The summed E-state index contributed by atoms with van der Waals surface area (Å²) in [5.74, 6) is 0. The van der Waals surface area contributed by atoms with Gasteiger partial charge in [0.15, 0.2) is 0 Å². The van der Waals surface area contributed by atoms with E-state index in [0.29, 0.717) is 6.10 Å². The van der Waals surface area contributed by atoms with Crippen LogP contribution in [-0.4, -0.2) is 43.8 Å². The minimum atomic E-state index is 0. The van der Waals surface area contributed by atoms with E-state index in [1.165, 1.54) is 25.7 Å². The third kappa shape index (κ3) is 12.0. The molecule has 3 nitrogen and oxygen atoms in total. The summed E-state index contributed by atoms with van der Waals surface area (Å²) in [6.07, 6.45) is 5.50.